The molecule has 1 aromatic heterocycles. The molecule has 0 fully saturated rings. The maximum atomic E-state index is 12.3. The molecule has 0 saturated heterocycles. The molecule has 780 valence electrons. The molecule has 3 aromatic carbocycles. The summed E-state index contributed by atoms with van der Waals surface area (Å²) in [4.78, 5) is 182. The summed E-state index contributed by atoms with van der Waals surface area (Å²) in [7, 11) is 3.01. The number of hydrogen-bond donors (Lipinski definition) is 31. The van der Waals surface area contributed by atoms with E-state index < -0.39 is 164 Å². The summed E-state index contributed by atoms with van der Waals surface area (Å²) in [5.74, 6) is -17.7. The lowest BCUT2D eigenvalue weighted by Gasteiger charge is -2.33. The maximum Gasteiger partial charge on any atom is 0.333 e. The minimum atomic E-state index is -1.39. The predicted molar refractivity (Wildman–Crippen MR) is 503 cm³/mol. The van der Waals surface area contributed by atoms with Crippen LogP contribution in [0.15, 0.2) is 96.4 Å². The second kappa shape index (κ2) is 80.8. The molecule has 1 unspecified atom stereocenters. The van der Waals surface area contributed by atoms with Crippen molar-refractivity contribution >= 4 is 150 Å². The zero-order valence-corrected chi connectivity index (χ0v) is 80.3. The van der Waals surface area contributed by atoms with Gasteiger partial charge >= 0.3 is 95.5 Å². The van der Waals surface area contributed by atoms with Crippen LogP contribution in [0.1, 0.15) is 145 Å². The molecular formula is C84H131ClN12O38S3. The minimum absolute atomic E-state index is 0.000230. The van der Waals surface area contributed by atoms with Gasteiger partial charge in [0.25, 0.3) is 0 Å². The van der Waals surface area contributed by atoms with Crippen molar-refractivity contribution in [3.63, 3.8) is 0 Å². The van der Waals surface area contributed by atoms with E-state index in [2.05, 4.69) is 67.2 Å². The molecule has 5 rings (SSSR count). The second-order valence-electron chi connectivity index (χ2n) is 29.4. The smallest absolute Gasteiger partial charge is 0.333 e. The number of hydrogen-bond acceptors (Lipinski definition) is 35. The molecule has 0 spiro atoms. The number of methoxy groups -OCH3 is 1. The van der Waals surface area contributed by atoms with E-state index in [0.29, 0.717) is 35.5 Å². The molecule has 0 aliphatic carbocycles. The molecule has 9 atom stereocenters. The number of carbonyl (C=O) groups excluding carboxylic acids is 2. The third-order valence-electron chi connectivity index (χ3n) is 16.4. The number of amides is 1. The highest BCUT2D eigenvalue weighted by Gasteiger charge is 2.35. The van der Waals surface area contributed by atoms with E-state index in [1.165, 1.54) is 38.3 Å². The fourth-order valence-electron chi connectivity index (χ4n) is 8.90. The zero-order chi connectivity index (χ0) is 109. The maximum absolute atomic E-state index is 12.3. The molecule has 2 heterocycles. The summed E-state index contributed by atoms with van der Waals surface area (Å²) < 4.78 is 5.01. The predicted octanol–water partition coefficient (Wildman–Crippen LogP) is 1.03. The van der Waals surface area contributed by atoms with Gasteiger partial charge < -0.3 is 162 Å². The standard InChI is InChI=1S/C16H16ClNO2S.C12H18O8.C9H19NO4.2C9H11NO2.2C5H7NO3.C4H7NO4.C4H9NO2.C3H7NO2S.2C3H7NO2.C2H5NO2S/c1-20-16(19)15(12-4-2-3-5-13(12)17)18-8-6-14-11(10-18)7-9-21-14;13-9(14)3-7(4-10(15)16)1-2-8(5-11(17)18)6-12(19)20;1-9(2,6-12)7(13)8(14)10-4-3-5-11;2*1-9(10,8(11)12)7-5-3-2-4-6-7;2*1-6-3-4(7)2-5(8)9;6-3(7)1-5-2-4(8)9;1-2-3(5)4(6)7;1-3(4,7)2(5)6;1-4-2-3(5)6;4-2-1-3(5)6;3-1(6)2(4)5/h2-5,7,9,15H,6,8,10H2,1H3;7-8H,1-6H2,(H,13,14)(H,15,16)(H,17,18)(H,19,20);7,11-13H,3-6H2,1-2H3,(H,10,14);2*2-6H,10H2,1H3,(H,11,12);2*4,7H,2-3H2,(H,8,9);5H,1-2H2,(H,6,7)(H,8,9);3H,2,5H2,1H3,(H,6,7);7H,4H2,1H3,(H,5,6);4H,2H2,1H3,(H,5,6);1-2,4H2,(H,5,6);1,6H,3H2,(H,4,5)/t15-;;;2*9-;2*4-;;2*3-;;;1-/m0..1010.11..1/s1. The SMILES string of the molecule is CC(C)(CO)C(O)C(=O)NCCCO.CC[C@@H](N)C(=O)O.CNCC(=O)O.COC(=O)[C@H](c1ccccc1Cl)N1CCc2sccc2C1.C[C@@](N)(C(=O)O)c1ccccc1.C[C@@](N)(S)C(=O)O.C[C@](N)(C(=O)O)c1ccccc1.NCCC(=O)O.N[C@H](S)C(=O)O.O=C(O)CC(CCC(CC(=O)O)CC(=O)O)CC(=O)O.O=C(O)CNCC(=O)O.[C-]#[N+]C[C@@H](O)CC(=O)O.[C-]#[N+]C[C@H](O)CC(=O)O. The molecule has 0 bridgehead atoms. The molecule has 1 aliphatic rings. The average Bonchev–Trinajstić information content (AvgIpc) is 1.49. The molecule has 4 aromatic rings. The van der Waals surface area contributed by atoms with E-state index in [9.17, 15) is 86.6 Å². The Balaban J connectivity index is -0.000000226. The lowest BCUT2D eigenvalue weighted by molar-refractivity contribution is -0.148. The zero-order valence-electron chi connectivity index (χ0n) is 76.9. The quantitative estimate of drug-likeness (QED) is 0.00968. The molecule has 138 heavy (non-hydrogen) atoms. The Labute approximate surface area is 814 Å². The van der Waals surface area contributed by atoms with Crippen LogP contribution in [-0.4, -0.2) is 323 Å². The Morgan fingerprint density at radius 2 is 0.928 bits per heavy atom. The number of carbonyl (C=O) groups is 17. The van der Waals surface area contributed by atoms with E-state index in [1.54, 1.807) is 87.7 Å². The van der Waals surface area contributed by atoms with Gasteiger partial charge in [-0.2, -0.15) is 0 Å². The Morgan fingerprint density at radius 1 is 0.558 bits per heavy atom. The van der Waals surface area contributed by atoms with Crippen LogP contribution in [0.25, 0.3) is 9.69 Å². The summed E-state index contributed by atoms with van der Waals surface area (Å²) in [6.45, 7) is 22.7. The van der Waals surface area contributed by atoms with Gasteiger partial charge in [0.2, 0.25) is 19.0 Å². The van der Waals surface area contributed by atoms with Crippen LogP contribution in [-0.2, 0) is 110 Å². The molecule has 0 radical (unpaired) electrons. The summed E-state index contributed by atoms with van der Waals surface area (Å²) >= 11 is 15.0. The van der Waals surface area contributed by atoms with Gasteiger partial charge in [-0.05, 0) is 112 Å². The fraction of sp³-hybridized carbons (Fsp3) is 0.512. The van der Waals surface area contributed by atoms with Crippen LogP contribution in [0.2, 0.25) is 5.02 Å². The number of halogens is 1. The number of aliphatic carboxylic acids is 15. The topological polar surface area (TPSA) is 908 Å². The number of carboxylic acids is 15. The molecule has 0 saturated carbocycles. The van der Waals surface area contributed by atoms with E-state index >= 15 is 0 Å². The van der Waals surface area contributed by atoms with Gasteiger partial charge in [0.15, 0.2) is 4.87 Å². The van der Waals surface area contributed by atoms with Crippen molar-refractivity contribution < 1.29 is 188 Å². The van der Waals surface area contributed by atoms with Gasteiger partial charge in [0.1, 0.15) is 46.8 Å². The number of benzene rings is 3. The van der Waals surface area contributed by atoms with E-state index in [0.717, 1.165) is 25.1 Å². The number of aliphatic hydroxyl groups excluding tert-OH is 5. The third-order valence-corrected chi connectivity index (χ3v) is 18.2. The average molecular weight is 2050 g/mol. The summed E-state index contributed by atoms with van der Waals surface area (Å²) in [6.07, 6.45) is -2.96. The van der Waals surface area contributed by atoms with Gasteiger partial charge in [-0.15, -0.1) is 36.6 Å². The van der Waals surface area contributed by atoms with Crippen LogP contribution in [0.5, 0.6) is 0 Å². The van der Waals surface area contributed by atoms with Crippen molar-refractivity contribution in [2.45, 2.75) is 177 Å². The number of ether oxygens (including phenoxy) is 1. The van der Waals surface area contributed by atoms with Crippen LogP contribution in [0.4, 0.5) is 0 Å². The molecule has 50 nitrogen and oxygen atoms in total. The first-order valence-corrected chi connectivity index (χ1v) is 42.5. The summed E-state index contributed by atoms with van der Waals surface area (Å²) in [5.41, 5.74) is 30.6. The number of fused-ring (bicyclic) bond motifs is 1. The number of nitrogens with one attached hydrogen (secondary N) is 3. The Bertz CT molecular complexity index is 4170. The fourth-order valence-corrected chi connectivity index (χ4v) is 10.0. The number of rotatable bonds is 42. The van der Waals surface area contributed by atoms with Crippen molar-refractivity contribution in [1.82, 2.24) is 20.9 Å². The van der Waals surface area contributed by atoms with Gasteiger partial charge in [-0.3, -0.25) is 67.8 Å². The molecule has 54 heteroatoms. The third kappa shape index (κ3) is 79.9. The van der Waals surface area contributed by atoms with Gasteiger partial charge in [-0.25, -0.2) is 37.1 Å². The first kappa shape index (κ1) is 141. The number of carboxylic acid groups (broad SMARTS) is 15. The van der Waals surface area contributed by atoms with Gasteiger partial charge in [0, 0.05) is 73.8 Å². The number of aliphatic hydroxyl groups is 5. The van der Waals surface area contributed by atoms with Crippen molar-refractivity contribution in [1.29, 1.82) is 0 Å². The van der Waals surface area contributed by atoms with Gasteiger partial charge in [-0.1, -0.05) is 111 Å². The van der Waals surface area contributed by atoms with E-state index in [-0.39, 0.29) is 116 Å². The van der Waals surface area contributed by atoms with E-state index in [4.69, 9.17) is 161 Å². The monoisotopic (exact) mass is 2050 g/mol. The van der Waals surface area contributed by atoms with E-state index in [1.807, 2.05) is 36.4 Å². The number of thiol groups is 2. The van der Waals surface area contributed by atoms with Crippen LogP contribution in [0.3, 0.4) is 0 Å². The largest absolute Gasteiger partial charge is 0.481 e. The lowest BCUT2D eigenvalue weighted by atomic mass is 9.87. The number of esters is 1. The summed E-state index contributed by atoms with van der Waals surface area (Å²) in [6, 6.07) is 26.0. The van der Waals surface area contributed by atoms with Crippen molar-refractivity contribution in [3.05, 3.63) is 151 Å². The van der Waals surface area contributed by atoms with Crippen LogP contribution >= 0.6 is 48.2 Å². The Kier molecular flexibility index (Phi) is 82.7. The normalized spacial score (nSPS) is 13.1. The second-order valence-corrected chi connectivity index (χ2v) is 32.3. The molecular weight excluding hydrogens is 1920 g/mol. The van der Waals surface area contributed by atoms with Gasteiger partial charge in [0.05, 0.1) is 52.6 Å². The number of nitrogens with two attached hydrogens (primary N) is 6. The highest BCUT2D eigenvalue weighted by atomic mass is 35.5. The number of likely N-dealkylation sites (N-methyl/N-ethyl adjacent to an activating group) is 1. The first-order valence-electron chi connectivity index (χ1n) is 40.3. The van der Waals surface area contributed by atoms with Crippen molar-refractivity contribution in [2.24, 2.45) is 51.7 Å². The minimum Gasteiger partial charge on any atom is -0.481 e. The van der Waals surface area contributed by atoms with Crippen LogP contribution < -0.4 is 50.4 Å². The molecule has 35 N–H and O–H groups in total. The van der Waals surface area contributed by atoms with Crippen molar-refractivity contribution in [3.8, 4) is 0 Å². The Hall–Kier alpha value is -12.2. The lowest BCUT2D eigenvalue weighted by Crippen LogP contribution is -2.45. The number of thiophene rings is 1. The van der Waals surface area contributed by atoms with Crippen LogP contribution in [0, 0.1) is 30.4 Å². The molecule has 1 amide bonds. The highest BCUT2D eigenvalue weighted by Crippen LogP contribution is 2.34. The summed E-state index contributed by atoms with van der Waals surface area (Å²) in [5, 5.41) is 177. The highest BCUT2D eigenvalue weighted by molar-refractivity contribution is 7.82. The Morgan fingerprint density at radius 3 is 1.18 bits per heavy atom. The molecule has 1 aliphatic heterocycles. The van der Waals surface area contributed by atoms with Crippen molar-refractivity contribution in [2.75, 3.05) is 79.7 Å². The number of nitrogens with zero attached hydrogens (tertiary/aromatic N) is 3. The first-order chi connectivity index (χ1) is 63.7.